The highest BCUT2D eigenvalue weighted by atomic mass is 16.5. The third-order valence-electron chi connectivity index (χ3n) is 5.65. The van der Waals surface area contributed by atoms with Crippen molar-refractivity contribution in [3.63, 3.8) is 0 Å². The van der Waals surface area contributed by atoms with Crippen LogP contribution in [-0.2, 0) is 4.74 Å². The Morgan fingerprint density at radius 3 is 2.42 bits per heavy atom. The Morgan fingerprint density at radius 2 is 1.81 bits per heavy atom. The minimum Gasteiger partial charge on any atom is -0.497 e. The Kier molecular flexibility index (Phi) is 6.64. The fourth-order valence-corrected chi connectivity index (χ4v) is 3.86. The largest absolute Gasteiger partial charge is 0.497 e. The number of ether oxygens (including phenoxy) is 2. The molecule has 1 saturated heterocycles. The number of aromatic nitrogens is 2. The summed E-state index contributed by atoms with van der Waals surface area (Å²) in [5, 5.41) is 7.42. The number of methoxy groups -OCH3 is 1. The number of nitrogens with one attached hydrogen (secondary N) is 1. The van der Waals surface area contributed by atoms with Crippen molar-refractivity contribution in [2.75, 3.05) is 40.0 Å². The van der Waals surface area contributed by atoms with Crippen LogP contribution in [-0.4, -0.2) is 60.5 Å². The van der Waals surface area contributed by atoms with Gasteiger partial charge in [0.1, 0.15) is 5.75 Å². The number of hydrogen-bond donors (Lipinski definition) is 1. The Bertz CT molecular complexity index is 992. The van der Waals surface area contributed by atoms with Gasteiger partial charge in [0, 0.05) is 37.1 Å². The van der Waals surface area contributed by atoms with E-state index in [1.807, 2.05) is 54.1 Å². The van der Waals surface area contributed by atoms with Crippen LogP contribution < -0.4 is 10.1 Å². The van der Waals surface area contributed by atoms with Gasteiger partial charge in [0.25, 0.3) is 5.91 Å². The zero-order chi connectivity index (χ0) is 21.6. The van der Waals surface area contributed by atoms with Crippen LogP contribution in [0.4, 0.5) is 0 Å². The third-order valence-corrected chi connectivity index (χ3v) is 5.65. The molecule has 0 spiro atoms. The molecular weight excluding hydrogens is 392 g/mol. The first-order chi connectivity index (χ1) is 15.2. The molecule has 1 aliphatic rings. The fraction of sp³-hybridized carbons (Fsp3) is 0.333. The molecule has 1 amide bonds. The van der Waals surface area contributed by atoms with E-state index in [-0.39, 0.29) is 11.9 Å². The predicted octanol–water partition coefficient (Wildman–Crippen LogP) is 2.99. The molecule has 1 N–H and O–H groups in total. The minimum atomic E-state index is -0.0875. The van der Waals surface area contributed by atoms with Crippen LogP contribution >= 0.6 is 0 Å². The molecule has 7 heteroatoms. The normalized spacial score (nSPS) is 15.4. The van der Waals surface area contributed by atoms with E-state index in [4.69, 9.17) is 9.47 Å². The lowest BCUT2D eigenvalue weighted by Gasteiger charge is -2.35. The monoisotopic (exact) mass is 420 g/mol. The van der Waals surface area contributed by atoms with Crippen molar-refractivity contribution in [2.45, 2.75) is 13.0 Å². The molecule has 1 atom stereocenters. The molecule has 2 heterocycles. The van der Waals surface area contributed by atoms with Crippen LogP contribution in [0.1, 0.15) is 27.7 Å². The summed E-state index contributed by atoms with van der Waals surface area (Å²) in [5.41, 5.74) is 3.75. The summed E-state index contributed by atoms with van der Waals surface area (Å²) in [7, 11) is 1.66. The quantitative estimate of drug-likeness (QED) is 0.636. The second kappa shape index (κ2) is 9.76. The van der Waals surface area contributed by atoms with Gasteiger partial charge in [-0.2, -0.15) is 5.10 Å². The number of rotatable bonds is 7. The summed E-state index contributed by atoms with van der Waals surface area (Å²) in [6.07, 6.45) is 1.76. The van der Waals surface area contributed by atoms with Crippen LogP contribution in [0.5, 0.6) is 5.75 Å². The molecule has 162 valence electrons. The first-order valence-electron chi connectivity index (χ1n) is 10.5. The Labute approximate surface area is 182 Å². The molecule has 4 rings (SSSR count). The van der Waals surface area contributed by atoms with Gasteiger partial charge in [-0.3, -0.25) is 9.69 Å². The van der Waals surface area contributed by atoms with E-state index < -0.39 is 0 Å². The van der Waals surface area contributed by atoms with E-state index in [1.165, 1.54) is 0 Å². The number of nitrogens with zero attached hydrogens (tertiary/aromatic N) is 3. The van der Waals surface area contributed by atoms with Crippen molar-refractivity contribution in [1.29, 1.82) is 0 Å². The summed E-state index contributed by atoms with van der Waals surface area (Å²) < 4.78 is 12.6. The van der Waals surface area contributed by atoms with Crippen molar-refractivity contribution in [3.05, 3.63) is 77.6 Å². The van der Waals surface area contributed by atoms with Gasteiger partial charge in [-0.1, -0.05) is 12.1 Å². The lowest BCUT2D eigenvalue weighted by molar-refractivity contribution is 0.0162. The van der Waals surface area contributed by atoms with Gasteiger partial charge >= 0.3 is 0 Å². The van der Waals surface area contributed by atoms with Crippen LogP contribution in [0.3, 0.4) is 0 Å². The molecule has 31 heavy (non-hydrogen) atoms. The number of amides is 1. The molecule has 1 aromatic heterocycles. The number of hydrogen-bond acceptors (Lipinski definition) is 5. The van der Waals surface area contributed by atoms with E-state index in [1.54, 1.807) is 13.3 Å². The standard InChI is InChI=1S/C24H28N4O3/c1-18-11-12-26-28(18)21-7-3-20(4-8-21)24(29)25-17-23(27-13-15-31-16-14-27)19-5-9-22(30-2)10-6-19/h3-12,23H,13-17H2,1-2H3,(H,25,29). The van der Waals surface area contributed by atoms with Crippen molar-refractivity contribution >= 4 is 5.91 Å². The topological polar surface area (TPSA) is 68.6 Å². The molecule has 2 aromatic carbocycles. The lowest BCUT2D eigenvalue weighted by Crippen LogP contribution is -2.43. The number of morpholine rings is 1. The van der Waals surface area contributed by atoms with E-state index in [0.29, 0.717) is 25.3 Å². The molecule has 0 bridgehead atoms. The second-order valence-electron chi connectivity index (χ2n) is 7.58. The van der Waals surface area contributed by atoms with Gasteiger partial charge in [-0.15, -0.1) is 0 Å². The molecule has 7 nitrogen and oxygen atoms in total. The summed E-state index contributed by atoms with van der Waals surface area (Å²) in [6, 6.07) is 17.6. The van der Waals surface area contributed by atoms with E-state index >= 15 is 0 Å². The van der Waals surface area contributed by atoms with Crippen molar-refractivity contribution in [2.24, 2.45) is 0 Å². The van der Waals surface area contributed by atoms with Crippen LogP contribution in [0, 0.1) is 6.92 Å². The van der Waals surface area contributed by atoms with Crippen molar-refractivity contribution < 1.29 is 14.3 Å². The minimum absolute atomic E-state index is 0.0738. The number of carbonyl (C=O) groups excluding carboxylic acids is 1. The molecule has 1 unspecified atom stereocenters. The van der Waals surface area contributed by atoms with E-state index in [2.05, 4.69) is 27.4 Å². The molecule has 0 saturated carbocycles. The van der Waals surface area contributed by atoms with Crippen LogP contribution in [0.25, 0.3) is 5.69 Å². The van der Waals surface area contributed by atoms with Gasteiger partial charge < -0.3 is 14.8 Å². The smallest absolute Gasteiger partial charge is 0.251 e. The highest BCUT2D eigenvalue weighted by molar-refractivity contribution is 5.94. The Balaban J connectivity index is 1.45. The highest BCUT2D eigenvalue weighted by Gasteiger charge is 2.23. The molecular formula is C24H28N4O3. The summed E-state index contributed by atoms with van der Waals surface area (Å²) >= 11 is 0. The maximum absolute atomic E-state index is 12.8. The van der Waals surface area contributed by atoms with Gasteiger partial charge in [-0.25, -0.2) is 4.68 Å². The predicted molar refractivity (Wildman–Crippen MR) is 119 cm³/mol. The number of aryl methyl sites for hydroxylation is 1. The zero-order valence-corrected chi connectivity index (χ0v) is 18.0. The van der Waals surface area contributed by atoms with E-state index in [9.17, 15) is 4.79 Å². The molecule has 1 fully saturated rings. The third kappa shape index (κ3) is 4.95. The second-order valence-corrected chi connectivity index (χ2v) is 7.58. The van der Waals surface area contributed by atoms with Gasteiger partial charge in [-0.05, 0) is 55.0 Å². The fourth-order valence-electron chi connectivity index (χ4n) is 3.86. The van der Waals surface area contributed by atoms with Crippen molar-refractivity contribution in [3.8, 4) is 11.4 Å². The maximum Gasteiger partial charge on any atom is 0.251 e. The summed E-state index contributed by atoms with van der Waals surface area (Å²) in [4.78, 5) is 15.2. The average molecular weight is 421 g/mol. The lowest BCUT2D eigenvalue weighted by atomic mass is 10.0. The SMILES string of the molecule is COc1ccc(C(CNC(=O)c2ccc(-n3nccc3C)cc2)N2CCOCC2)cc1. The summed E-state index contributed by atoms with van der Waals surface area (Å²) in [6.45, 7) is 5.60. The Morgan fingerprint density at radius 1 is 1.10 bits per heavy atom. The van der Waals surface area contributed by atoms with Gasteiger partial charge in [0.15, 0.2) is 0 Å². The molecule has 0 aliphatic carbocycles. The number of benzene rings is 2. The summed E-state index contributed by atoms with van der Waals surface area (Å²) in [5.74, 6) is 0.733. The first kappa shape index (κ1) is 21.1. The van der Waals surface area contributed by atoms with E-state index in [0.717, 1.165) is 35.8 Å². The first-order valence-corrected chi connectivity index (χ1v) is 10.5. The van der Waals surface area contributed by atoms with Gasteiger partial charge in [0.2, 0.25) is 0 Å². The highest BCUT2D eigenvalue weighted by Crippen LogP contribution is 2.24. The molecule has 3 aromatic rings. The molecule has 0 radical (unpaired) electrons. The van der Waals surface area contributed by atoms with Crippen LogP contribution in [0.15, 0.2) is 60.8 Å². The molecule has 1 aliphatic heterocycles. The average Bonchev–Trinajstić information content (AvgIpc) is 3.26. The Hall–Kier alpha value is -3.16. The van der Waals surface area contributed by atoms with Gasteiger partial charge in [0.05, 0.1) is 32.1 Å². The maximum atomic E-state index is 12.8. The number of carbonyl (C=O) groups is 1. The van der Waals surface area contributed by atoms with Crippen LogP contribution in [0.2, 0.25) is 0 Å². The van der Waals surface area contributed by atoms with Crippen molar-refractivity contribution in [1.82, 2.24) is 20.0 Å². The zero-order valence-electron chi connectivity index (χ0n) is 18.0.